The van der Waals surface area contributed by atoms with E-state index < -0.39 is 0 Å². The van der Waals surface area contributed by atoms with Gasteiger partial charge in [0.05, 0.1) is 0 Å². The third-order valence-corrected chi connectivity index (χ3v) is 3.86. The first-order valence-electron chi connectivity index (χ1n) is 6.35. The molecule has 0 N–H and O–H groups in total. The molecule has 1 aromatic rings. The van der Waals surface area contributed by atoms with Crippen molar-refractivity contribution in [1.82, 2.24) is 9.97 Å². The fraction of sp³-hybridized carbons (Fsp3) is 0.692. The molecule has 0 unspecified atom stereocenters. The molecule has 0 radical (unpaired) electrons. The van der Waals surface area contributed by atoms with E-state index in [2.05, 4.69) is 36.9 Å². The molecule has 0 atom stereocenters. The van der Waals surface area contributed by atoms with E-state index in [1.54, 1.807) is 0 Å². The van der Waals surface area contributed by atoms with Crippen molar-refractivity contribution in [3.8, 4) is 0 Å². The molecule has 3 nitrogen and oxygen atoms in total. The van der Waals surface area contributed by atoms with Gasteiger partial charge in [0.25, 0.3) is 0 Å². The van der Waals surface area contributed by atoms with Crippen LogP contribution in [0, 0.1) is 13.8 Å². The lowest BCUT2D eigenvalue weighted by molar-refractivity contribution is 0.384. The Balaban J connectivity index is 2.17. The Morgan fingerprint density at radius 3 is 2.65 bits per heavy atom. The summed E-state index contributed by atoms with van der Waals surface area (Å²) in [6.07, 6.45) is 5.14. The minimum absolute atomic E-state index is 0.697. The van der Waals surface area contributed by atoms with Gasteiger partial charge in [-0.25, -0.2) is 9.97 Å². The number of halogens is 1. The molecule has 1 heterocycles. The van der Waals surface area contributed by atoms with Gasteiger partial charge in [0, 0.05) is 29.7 Å². The lowest BCUT2D eigenvalue weighted by atomic mass is 9.91. The van der Waals surface area contributed by atoms with E-state index in [4.69, 9.17) is 0 Å². The number of hydrogen-bond acceptors (Lipinski definition) is 3. The third-order valence-electron chi connectivity index (χ3n) is 3.29. The van der Waals surface area contributed by atoms with E-state index in [1.165, 1.54) is 25.7 Å². The molecule has 0 aliphatic heterocycles. The number of hydrogen-bond donors (Lipinski definition) is 0. The van der Waals surface area contributed by atoms with Gasteiger partial charge >= 0.3 is 0 Å². The molecular formula is C13H20BrN3. The Hall–Kier alpha value is -0.640. The Kier molecular flexibility index (Phi) is 4.37. The minimum atomic E-state index is 0.697. The van der Waals surface area contributed by atoms with Gasteiger partial charge in [0.1, 0.15) is 11.6 Å². The van der Waals surface area contributed by atoms with Crippen LogP contribution in [-0.4, -0.2) is 27.9 Å². The lowest BCUT2D eigenvalue weighted by Gasteiger charge is -2.38. The highest BCUT2D eigenvalue weighted by molar-refractivity contribution is 9.09. The van der Waals surface area contributed by atoms with Crippen molar-refractivity contribution >= 4 is 21.7 Å². The second kappa shape index (κ2) is 5.80. The number of nitrogens with zero attached hydrogens (tertiary/aromatic N) is 3. The maximum absolute atomic E-state index is 4.59. The van der Waals surface area contributed by atoms with Crippen molar-refractivity contribution in [3.05, 3.63) is 17.6 Å². The van der Waals surface area contributed by atoms with Crippen LogP contribution in [0.25, 0.3) is 0 Å². The molecule has 94 valence electrons. The lowest BCUT2D eigenvalue weighted by Crippen LogP contribution is -2.41. The first-order valence-corrected chi connectivity index (χ1v) is 7.48. The van der Waals surface area contributed by atoms with Crippen LogP contribution < -0.4 is 4.90 Å². The molecule has 0 aromatic carbocycles. The number of rotatable bonds is 5. The van der Waals surface area contributed by atoms with Crippen molar-refractivity contribution in [1.29, 1.82) is 0 Å². The molecule has 1 aliphatic rings. The normalized spacial score (nSPS) is 15.7. The molecule has 1 aliphatic carbocycles. The van der Waals surface area contributed by atoms with E-state index in [-0.39, 0.29) is 0 Å². The number of anilines is 1. The molecular weight excluding hydrogens is 278 g/mol. The SMILES string of the molecule is Cc1cc(N(CCCBr)C2CCC2)nc(C)n1. The van der Waals surface area contributed by atoms with Crippen LogP contribution in [0.3, 0.4) is 0 Å². The van der Waals surface area contributed by atoms with E-state index in [0.29, 0.717) is 6.04 Å². The molecule has 1 saturated carbocycles. The average Bonchev–Trinajstić information content (AvgIpc) is 2.19. The number of alkyl halides is 1. The smallest absolute Gasteiger partial charge is 0.132 e. The van der Waals surface area contributed by atoms with Gasteiger partial charge in [-0.1, -0.05) is 15.9 Å². The fourth-order valence-electron chi connectivity index (χ4n) is 2.26. The summed E-state index contributed by atoms with van der Waals surface area (Å²) in [6.45, 7) is 5.10. The summed E-state index contributed by atoms with van der Waals surface area (Å²) < 4.78 is 0. The van der Waals surface area contributed by atoms with Gasteiger partial charge in [-0.2, -0.15) is 0 Å². The molecule has 0 bridgehead atoms. The summed E-state index contributed by atoms with van der Waals surface area (Å²) in [5.41, 5.74) is 1.07. The van der Waals surface area contributed by atoms with Gasteiger partial charge in [-0.3, -0.25) is 0 Å². The fourth-order valence-corrected chi connectivity index (χ4v) is 2.51. The summed E-state index contributed by atoms with van der Waals surface area (Å²) in [6, 6.07) is 2.81. The summed E-state index contributed by atoms with van der Waals surface area (Å²) in [5, 5.41) is 1.05. The van der Waals surface area contributed by atoms with Crippen molar-refractivity contribution in [3.63, 3.8) is 0 Å². The van der Waals surface area contributed by atoms with Crippen LogP contribution in [0.4, 0.5) is 5.82 Å². The molecule has 0 amide bonds. The first kappa shape index (κ1) is 12.8. The molecule has 0 spiro atoms. The zero-order valence-electron chi connectivity index (χ0n) is 10.6. The topological polar surface area (TPSA) is 29.0 Å². The van der Waals surface area contributed by atoms with Crippen molar-refractivity contribution in [2.45, 2.75) is 45.6 Å². The van der Waals surface area contributed by atoms with Crippen LogP contribution in [0.2, 0.25) is 0 Å². The second-order valence-corrected chi connectivity index (χ2v) is 5.53. The molecule has 1 aromatic heterocycles. The Bertz CT molecular complexity index is 357. The largest absolute Gasteiger partial charge is 0.353 e. The average molecular weight is 298 g/mol. The van der Waals surface area contributed by atoms with Crippen LogP contribution in [-0.2, 0) is 0 Å². The molecule has 1 fully saturated rings. The molecule has 2 rings (SSSR count). The van der Waals surface area contributed by atoms with E-state index in [9.17, 15) is 0 Å². The van der Waals surface area contributed by atoms with Gasteiger partial charge < -0.3 is 4.90 Å². The Labute approximate surface area is 112 Å². The summed E-state index contributed by atoms with van der Waals surface area (Å²) >= 11 is 3.51. The Morgan fingerprint density at radius 1 is 1.35 bits per heavy atom. The zero-order chi connectivity index (χ0) is 12.3. The summed E-state index contributed by atoms with van der Waals surface area (Å²) in [4.78, 5) is 11.4. The van der Waals surface area contributed by atoms with E-state index in [1.807, 2.05) is 13.8 Å². The van der Waals surface area contributed by atoms with Crippen molar-refractivity contribution in [2.24, 2.45) is 0 Å². The number of aryl methyl sites for hydroxylation is 2. The molecule has 17 heavy (non-hydrogen) atoms. The zero-order valence-corrected chi connectivity index (χ0v) is 12.2. The predicted molar refractivity (Wildman–Crippen MR) is 74.9 cm³/mol. The maximum atomic E-state index is 4.59. The van der Waals surface area contributed by atoms with Gasteiger partial charge in [-0.05, 0) is 39.5 Å². The van der Waals surface area contributed by atoms with Crippen molar-refractivity contribution in [2.75, 3.05) is 16.8 Å². The quantitative estimate of drug-likeness (QED) is 0.781. The highest BCUT2D eigenvalue weighted by Gasteiger charge is 2.25. The van der Waals surface area contributed by atoms with Gasteiger partial charge in [0.2, 0.25) is 0 Å². The van der Waals surface area contributed by atoms with Crippen LogP contribution in [0.1, 0.15) is 37.2 Å². The van der Waals surface area contributed by atoms with Gasteiger partial charge in [0.15, 0.2) is 0 Å². The third kappa shape index (κ3) is 3.18. The van der Waals surface area contributed by atoms with E-state index >= 15 is 0 Å². The first-order chi connectivity index (χ1) is 8.20. The summed E-state index contributed by atoms with van der Waals surface area (Å²) in [7, 11) is 0. The van der Waals surface area contributed by atoms with Gasteiger partial charge in [-0.15, -0.1) is 0 Å². The van der Waals surface area contributed by atoms with Crippen LogP contribution >= 0.6 is 15.9 Å². The molecule has 4 heteroatoms. The second-order valence-electron chi connectivity index (χ2n) is 4.74. The van der Waals surface area contributed by atoms with Crippen LogP contribution in [0.15, 0.2) is 6.07 Å². The highest BCUT2D eigenvalue weighted by atomic mass is 79.9. The maximum Gasteiger partial charge on any atom is 0.132 e. The Morgan fingerprint density at radius 2 is 2.12 bits per heavy atom. The molecule has 0 saturated heterocycles. The standard InChI is InChI=1S/C13H20BrN3/c1-10-9-13(16-11(2)15-10)17(8-4-7-14)12-5-3-6-12/h9,12H,3-8H2,1-2H3. The highest BCUT2D eigenvalue weighted by Crippen LogP contribution is 2.29. The predicted octanol–water partition coefficient (Wildman–Crippen LogP) is 3.24. The van der Waals surface area contributed by atoms with Crippen LogP contribution in [0.5, 0.6) is 0 Å². The monoisotopic (exact) mass is 297 g/mol. The number of aromatic nitrogens is 2. The minimum Gasteiger partial charge on any atom is -0.353 e. The van der Waals surface area contributed by atoms with Crippen molar-refractivity contribution < 1.29 is 0 Å². The van der Waals surface area contributed by atoms with E-state index in [0.717, 1.165) is 29.2 Å². The summed E-state index contributed by atoms with van der Waals surface area (Å²) in [5.74, 6) is 1.99.